The van der Waals surface area contributed by atoms with Crippen LogP contribution in [0, 0.1) is 11.3 Å². The fourth-order valence-electron chi connectivity index (χ4n) is 2.72. The third-order valence-corrected chi connectivity index (χ3v) is 4.43. The van der Waals surface area contributed by atoms with Crippen molar-refractivity contribution in [1.82, 2.24) is 14.7 Å². The summed E-state index contributed by atoms with van der Waals surface area (Å²) in [6.45, 7) is 2.42. The van der Waals surface area contributed by atoms with Crippen LogP contribution in [0.15, 0.2) is 67.0 Å². The van der Waals surface area contributed by atoms with E-state index in [1.54, 1.807) is 30.5 Å². The van der Waals surface area contributed by atoms with Crippen molar-refractivity contribution in [3.63, 3.8) is 0 Å². The van der Waals surface area contributed by atoms with Gasteiger partial charge in [-0.3, -0.25) is 9.69 Å². The van der Waals surface area contributed by atoms with E-state index in [1.807, 2.05) is 60.1 Å². The maximum atomic E-state index is 12.6. The molecule has 0 aliphatic heterocycles. The quantitative estimate of drug-likeness (QED) is 0.733. The zero-order valence-electron chi connectivity index (χ0n) is 15.3. The predicted molar refractivity (Wildman–Crippen MR) is 104 cm³/mol. The summed E-state index contributed by atoms with van der Waals surface area (Å²) in [4.78, 5) is 14.5. The number of carbonyl (C=O) groups excluding carboxylic acids is 1. The Labute approximate surface area is 158 Å². The second-order valence-electron chi connectivity index (χ2n) is 6.37. The molecule has 136 valence electrons. The first kappa shape index (κ1) is 18.4. The zero-order valence-corrected chi connectivity index (χ0v) is 15.3. The van der Waals surface area contributed by atoms with Gasteiger partial charge in [-0.1, -0.05) is 30.3 Å². The molecular weight excluding hydrogens is 338 g/mol. The molecule has 0 aliphatic rings. The molecular formula is C21H21N5O. The number of anilines is 1. The van der Waals surface area contributed by atoms with Gasteiger partial charge in [-0.2, -0.15) is 10.4 Å². The standard InChI is InChI=1S/C21H21N5O/c1-16(21(27)24-20-11-7-6-8-18(20)12-22)25(2)14-17-13-23-26(15-17)19-9-4-3-5-10-19/h3-11,13,15-16H,14H2,1-2H3,(H,24,27). The summed E-state index contributed by atoms with van der Waals surface area (Å²) in [7, 11) is 1.89. The SMILES string of the molecule is CC(C(=O)Nc1ccccc1C#N)N(C)Cc1cnn(-c2ccccc2)c1. The average Bonchev–Trinajstić information content (AvgIpc) is 3.17. The number of hydrogen-bond donors (Lipinski definition) is 1. The minimum atomic E-state index is -0.364. The summed E-state index contributed by atoms with van der Waals surface area (Å²) >= 11 is 0. The molecule has 1 atom stereocenters. The second-order valence-corrected chi connectivity index (χ2v) is 6.37. The van der Waals surface area contributed by atoms with Crippen LogP contribution in [0.4, 0.5) is 5.69 Å². The summed E-state index contributed by atoms with van der Waals surface area (Å²) < 4.78 is 1.82. The zero-order chi connectivity index (χ0) is 19.2. The Kier molecular flexibility index (Phi) is 5.64. The third-order valence-electron chi connectivity index (χ3n) is 4.43. The number of nitrogens with zero attached hydrogens (tertiary/aromatic N) is 4. The maximum absolute atomic E-state index is 12.6. The van der Waals surface area contributed by atoms with Crippen LogP contribution in [0.25, 0.3) is 5.69 Å². The number of para-hydroxylation sites is 2. The van der Waals surface area contributed by atoms with Gasteiger partial charge in [0.15, 0.2) is 0 Å². The maximum Gasteiger partial charge on any atom is 0.241 e. The smallest absolute Gasteiger partial charge is 0.241 e. The van der Waals surface area contributed by atoms with E-state index in [9.17, 15) is 4.79 Å². The van der Waals surface area contributed by atoms with Crippen molar-refractivity contribution < 1.29 is 4.79 Å². The Balaban J connectivity index is 1.64. The molecule has 27 heavy (non-hydrogen) atoms. The van der Waals surface area contributed by atoms with E-state index in [0.29, 0.717) is 17.8 Å². The number of nitriles is 1. The monoisotopic (exact) mass is 359 g/mol. The first-order chi connectivity index (χ1) is 13.1. The van der Waals surface area contributed by atoms with Gasteiger partial charge in [-0.25, -0.2) is 4.68 Å². The molecule has 6 heteroatoms. The van der Waals surface area contributed by atoms with Crippen LogP contribution in [0.3, 0.4) is 0 Å². The van der Waals surface area contributed by atoms with Crippen LogP contribution in [-0.2, 0) is 11.3 Å². The fraction of sp³-hybridized carbons (Fsp3) is 0.190. The molecule has 1 unspecified atom stereocenters. The second kappa shape index (κ2) is 8.30. The molecule has 1 N–H and O–H groups in total. The van der Waals surface area contributed by atoms with Crippen LogP contribution in [0.5, 0.6) is 0 Å². The summed E-state index contributed by atoms with van der Waals surface area (Å²) in [6, 6.07) is 18.6. The lowest BCUT2D eigenvalue weighted by molar-refractivity contribution is -0.120. The Hall–Kier alpha value is -3.43. The van der Waals surface area contributed by atoms with Crippen molar-refractivity contribution in [1.29, 1.82) is 5.26 Å². The van der Waals surface area contributed by atoms with Gasteiger partial charge in [-0.15, -0.1) is 0 Å². The number of likely N-dealkylation sites (N-methyl/N-ethyl adjacent to an activating group) is 1. The van der Waals surface area contributed by atoms with Crippen LogP contribution < -0.4 is 5.32 Å². The van der Waals surface area contributed by atoms with Gasteiger partial charge in [-0.05, 0) is 38.2 Å². The lowest BCUT2D eigenvalue weighted by atomic mass is 10.1. The van der Waals surface area contributed by atoms with Gasteiger partial charge in [0.1, 0.15) is 6.07 Å². The van der Waals surface area contributed by atoms with E-state index in [1.165, 1.54) is 0 Å². The Morgan fingerprint density at radius 1 is 1.22 bits per heavy atom. The highest BCUT2D eigenvalue weighted by atomic mass is 16.2. The van der Waals surface area contributed by atoms with Crippen molar-refractivity contribution >= 4 is 11.6 Å². The Bertz CT molecular complexity index is 958. The normalized spacial score (nSPS) is 11.8. The molecule has 0 fully saturated rings. The summed E-state index contributed by atoms with van der Waals surface area (Å²) in [5, 5.41) is 16.4. The van der Waals surface area contributed by atoms with Crippen molar-refractivity contribution in [3.8, 4) is 11.8 Å². The van der Waals surface area contributed by atoms with E-state index in [4.69, 9.17) is 5.26 Å². The number of carbonyl (C=O) groups is 1. The van der Waals surface area contributed by atoms with Crippen LogP contribution in [0.1, 0.15) is 18.1 Å². The molecule has 0 spiro atoms. The average molecular weight is 359 g/mol. The van der Waals surface area contributed by atoms with Gasteiger partial charge >= 0.3 is 0 Å². The molecule has 1 amide bonds. The summed E-state index contributed by atoms with van der Waals surface area (Å²) in [5.74, 6) is -0.157. The number of rotatable bonds is 6. The van der Waals surface area contributed by atoms with Crippen LogP contribution in [0.2, 0.25) is 0 Å². The third kappa shape index (κ3) is 4.40. The van der Waals surface area contributed by atoms with Gasteiger partial charge in [0, 0.05) is 18.3 Å². The molecule has 1 aromatic heterocycles. The molecule has 3 rings (SSSR count). The summed E-state index contributed by atoms with van der Waals surface area (Å²) in [6.07, 6.45) is 3.76. The van der Waals surface area contributed by atoms with E-state index in [2.05, 4.69) is 16.5 Å². The molecule has 1 heterocycles. The van der Waals surface area contributed by atoms with Crippen molar-refractivity contribution in [2.75, 3.05) is 12.4 Å². The molecule has 0 saturated heterocycles. The van der Waals surface area contributed by atoms with Gasteiger partial charge in [0.25, 0.3) is 0 Å². The minimum Gasteiger partial charge on any atom is -0.324 e. The van der Waals surface area contributed by atoms with Crippen molar-refractivity contribution in [3.05, 3.63) is 78.1 Å². The van der Waals surface area contributed by atoms with E-state index in [-0.39, 0.29) is 11.9 Å². The van der Waals surface area contributed by atoms with Crippen LogP contribution >= 0.6 is 0 Å². The fourth-order valence-corrected chi connectivity index (χ4v) is 2.72. The number of aromatic nitrogens is 2. The van der Waals surface area contributed by atoms with Gasteiger partial charge in [0.2, 0.25) is 5.91 Å². The lowest BCUT2D eigenvalue weighted by Gasteiger charge is -2.23. The highest BCUT2D eigenvalue weighted by Crippen LogP contribution is 2.15. The number of hydrogen-bond acceptors (Lipinski definition) is 4. The molecule has 0 aliphatic carbocycles. The largest absolute Gasteiger partial charge is 0.324 e. The Morgan fingerprint density at radius 2 is 1.93 bits per heavy atom. The number of amides is 1. The highest BCUT2D eigenvalue weighted by molar-refractivity contribution is 5.95. The van der Waals surface area contributed by atoms with Crippen molar-refractivity contribution in [2.24, 2.45) is 0 Å². The highest BCUT2D eigenvalue weighted by Gasteiger charge is 2.19. The topological polar surface area (TPSA) is 74.0 Å². The van der Waals surface area contributed by atoms with E-state index in [0.717, 1.165) is 11.3 Å². The molecule has 0 saturated carbocycles. The molecule has 3 aromatic rings. The first-order valence-electron chi connectivity index (χ1n) is 8.67. The number of benzene rings is 2. The first-order valence-corrected chi connectivity index (χ1v) is 8.67. The number of nitrogens with one attached hydrogen (secondary N) is 1. The van der Waals surface area contributed by atoms with Gasteiger partial charge < -0.3 is 5.32 Å². The summed E-state index contributed by atoms with van der Waals surface area (Å²) in [5.41, 5.74) is 2.98. The van der Waals surface area contributed by atoms with Crippen LogP contribution in [-0.4, -0.2) is 33.7 Å². The molecule has 2 aromatic carbocycles. The molecule has 6 nitrogen and oxygen atoms in total. The molecule has 0 bridgehead atoms. The molecule has 0 radical (unpaired) electrons. The van der Waals surface area contributed by atoms with E-state index < -0.39 is 0 Å². The van der Waals surface area contributed by atoms with Crippen molar-refractivity contribution in [2.45, 2.75) is 19.5 Å². The Morgan fingerprint density at radius 3 is 2.67 bits per heavy atom. The predicted octanol–water partition coefficient (Wildman–Crippen LogP) is 3.20. The van der Waals surface area contributed by atoms with Gasteiger partial charge in [0.05, 0.1) is 29.2 Å². The van der Waals surface area contributed by atoms with E-state index >= 15 is 0 Å². The lowest BCUT2D eigenvalue weighted by Crippen LogP contribution is -2.39. The minimum absolute atomic E-state index is 0.157.